The van der Waals surface area contributed by atoms with Crippen molar-refractivity contribution in [1.29, 1.82) is 0 Å². The van der Waals surface area contributed by atoms with Gasteiger partial charge in [-0.1, -0.05) is 95.8 Å². The van der Waals surface area contributed by atoms with Gasteiger partial charge >= 0.3 is 5.97 Å². The van der Waals surface area contributed by atoms with Crippen molar-refractivity contribution >= 4 is 28.8 Å². The molecule has 1 fully saturated rings. The van der Waals surface area contributed by atoms with E-state index in [0.717, 1.165) is 47.1 Å². The molecule has 0 aromatic carbocycles. The Bertz CT molecular complexity index is 1290. The van der Waals surface area contributed by atoms with E-state index in [9.17, 15) is 14.7 Å². The van der Waals surface area contributed by atoms with Crippen LogP contribution in [-0.4, -0.2) is 33.0 Å². The number of aromatic nitrogens is 2. The molecular weight excluding hydrogens is 566 g/mol. The van der Waals surface area contributed by atoms with E-state index in [4.69, 9.17) is 0 Å². The van der Waals surface area contributed by atoms with Gasteiger partial charge in [-0.25, -0.2) is 14.8 Å². The molecule has 0 radical (unpaired) electrons. The van der Waals surface area contributed by atoms with Gasteiger partial charge in [0.1, 0.15) is 6.04 Å². The number of hydrogen-bond donors (Lipinski definition) is 2. The maximum atomic E-state index is 12.7. The van der Waals surface area contributed by atoms with Gasteiger partial charge in [0.15, 0.2) is 5.82 Å². The molecule has 0 bridgehead atoms. The van der Waals surface area contributed by atoms with Crippen molar-refractivity contribution in [2.75, 3.05) is 0 Å². The van der Waals surface area contributed by atoms with Crippen LogP contribution in [0.15, 0.2) is 67.6 Å². The Balaban J connectivity index is 1.53. The monoisotopic (exact) mass is 617 g/mol. The first-order valence-corrected chi connectivity index (χ1v) is 17.0. The van der Waals surface area contributed by atoms with Crippen LogP contribution in [0.4, 0.5) is 0 Å². The molecule has 7 heteroatoms. The van der Waals surface area contributed by atoms with Gasteiger partial charge in [0, 0.05) is 22.8 Å². The van der Waals surface area contributed by atoms with Crippen molar-refractivity contribution < 1.29 is 14.7 Å². The number of carbonyl (C=O) groups is 2. The largest absolute Gasteiger partial charge is 0.480 e. The maximum Gasteiger partial charge on any atom is 0.326 e. The van der Waals surface area contributed by atoms with E-state index >= 15 is 0 Å². The first-order valence-electron chi connectivity index (χ1n) is 16.2. The molecule has 2 aromatic heterocycles. The summed E-state index contributed by atoms with van der Waals surface area (Å²) in [5.74, 6) is 0.827. The van der Waals surface area contributed by atoms with Gasteiger partial charge in [0.05, 0.1) is 4.88 Å². The molecule has 2 atom stereocenters. The summed E-state index contributed by atoms with van der Waals surface area (Å²) >= 11 is 1.39. The molecule has 1 aliphatic carbocycles. The summed E-state index contributed by atoms with van der Waals surface area (Å²) in [6, 6.07) is 2.66. The van der Waals surface area contributed by atoms with Crippen LogP contribution in [0.5, 0.6) is 0 Å². The number of nitrogens with one attached hydrogen (secondary N) is 1. The second-order valence-corrected chi connectivity index (χ2v) is 14.0. The molecule has 2 N–H and O–H groups in total. The predicted molar refractivity (Wildman–Crippen MR) is 183 cm³/mol. The average molecular weight is 618 g/mol. The van der Waals surface area contributed by atoms with E-state index in [0.29, 0.717) is 10.7 Å². The van der Waals surface area contributed by atoms with Gasteiger partial charge in [0.2, 0.25) is 0 Å². The zero-order chi connectivity index (χ0) is 32.0. The maximum absolute atomic E-state index is 12.7. The van der Waals surface area contributed by atoms with Gasteiger partial charge in [0.25, 0.3) is 5.91 Å². The van der Waals surface area contributed by atoms with E-state index in [2.05, 4.69) is 48.7 Å². The predicted octanol–water partition coefficient (Wildman–Crippen LogP) is 9.11. The van der Waals surface area contributed by atoms with Crippen LogP contribution >= 0.6 is 11.3 Å². The average Bonchev–Trinajstić information content (AvgIpc) is 3.52. The third kappa shape index (κ3) is 11.3. The van der Waals surface area contributed by atoms with E-state index in [1.54, 1.807) is 18.2 Å². The van der Waals surface area contributed by atoms with Crippen LogP contribution in [-0.2, 0) is 16.6 Å². The zero-order valence-corrected chi connectivity index (χ0v) is 27.9. The lowest BCUT2D eigenvalue weighted by Gasteiger charge is -2.29. The number of aliphatic carboxylic acids is 1. The lowest BCUT2D eigenvalue weighted by Crippen LogP contribution is -2.40. The lowest BCUT2D eigenvalue weighted by molar-refractivity contribution is -0.139. The molecule has 3 rings (SSSR count). The summed E-state index contributed by atoms with van der Waals surface area (Å²) < 4.78 is 0. The number of thiophene rings is 1. The van der Waals surface area contributed by atoms with Crippen molar-refractivity contribution in [2.24, 2.45) is 11.8 Å². The summed E-state index contributed by atoms with van der Waals surface area (Å²) in [6.45, 7) is 12.2. The molecule has 44 heavy (non-hydrogen) atoms. The Morgan fingerprint density at radius 3 is 2.45 bits per heavy atom. The highest BCUT2D eigenvalue weighted by molar-refractivity contribution is 7.14. The van der Waals surface area contributed by atoms with E-state index < -0.39 is 12.0 Å². The number of aryl methyl sites for hydroxylation is 1. The highest BCUT2D eigenvalue weighted by atomic mass is 32.1. The molecule has 238 valence electrons. The van der Waals surface area contributed by atoms with Crippen molar-refractivity contribution in [2.45, 2.75) is 110 Å². The Hall–Kier alpha value is -3.32. The second-order valence-electron chi connectivity index (χ2n) is 12.9. The summed E-state index contributed by atoms with van der Waals surface area (Å²) in [5, 5.41) is 12.3. The molecule has 1 amide bonds. The third-order valence-electron chi connectivity index (χ3n) is 8.34. The number of allylic oxidation sites excluding steroid dienone is 6. The second kappa shape index (κ2) is 17.8. The third-order valence-corrected chi connectivity index (χ3v) is 9.85. The van der Waals surface area contributed by atoms with Gasteiger partial charge < -0.3 is 10.4 Å². The minimum absolute atomic E-state index is 0.0672. The quantitative estimate of drug-likeness (QED) is 0.111. The van der Waals surface area contributed by atoms with Gasteiger partial charge in [-0.15, -0.1) is 17.9 Å². The number of unbranched alkanes of at least 4 members (excludes halogenated alkanes) is 1. The van der Waals surface area contributed by atoms with Crippen molar-refractivity contribution in [3.63, 3.8) is 0 Å². The van der Waals surface area contributed by atoms with Crippen LogP contribution in [0, 0.1) is 11.8 Å². The van der Waals surface area contributed by atoms with Crippen LogP contribution in [0.3, 0.4) is 0 Å². The highest BCUT2D eigenvalue weighted by Crippen LogP contribution is 2.35. The number of carboxylic acids is 1. The molecule has 0 spiro atoms. The Labute approximate surface area is 268 Å². The first kappa shape index (κ1) is 35.2. The van der Waals surface area contributed by atoms with E-state index in [-0.39, 0.29) is 17.7 Å². The number of nitrogens with zero attached hydrogens (tertiary/aromatic N) is 2. The Morgan fingerprint density at radius 2 is 1.84 bits per heavy atom. The number of hydrogen-bond acceptors (Lipinski definition) is 5. The highest BCUT2D eigenvalue weighted by Gasteiger charge is 2.23. The first-order chi connectivity index (χ1) is 21.1. The van der Waals surface area contributed by atoms with Gasteiger partial charge in [-0.3, -0.25) is 4.79 Å². The summed E-state index contributed by atoms with van der Waals surface area (Å²) in [7, 11) is 0. The van der Waals surface area contributed by atoms with Crippen LogP contribution in [0.2, 0.25) is 0 Å². The molecule has 1 saturated carbocycles. The van der Waals surface area contributed by atoms with Crippen molar-refractivity contribution in [1.82, 2.24) is 15.3 Å². The fourth-order valence-corrected chi connectivity index (χ4v) is 6.79. The van der Waals surface area contributed by atoms with Gasteiger partial charge in [-0.05, 0) is 74.0 Å². The molecule has 0 saturated heterocycles. The minimum atomic E-state index is -1.07. The van der Waals surface area contributed by atoms with E-state index in [1.807, 2.05) is 43.6 Å². The van der Waals surface area contributed by atoms with Crippen molar-refractivity contribution in [3.05, 3.63) is 88.7 Å². The number of amides is 1. The lowest BCUT2D eigenvalue weighted by atomic mass is 9.76. The normalized spacial score (nSPS) is 16.3. The fourth-order valence-electron chi connectivity index (χ4n) is 5.82. The van der Waals surface area contributed by atoms with Gasteiger partial charge in [-0.2, -0.15) is 0 Å². The number of carbonyl (C=O) groups excluding carboxylic acids is 1. The Morgan fingerprint density at radius 1 is 1.11 bits per heavy atom. The molecule has 0 unspecified atom stereocenters. The molecular formula is C37H51N3O3S. The zero-order valence-electron chi connectivity index (χ0n) is 27.1. The van der Waals surface area contributed by atoms with E-state index in [1.165, 1.54) is 56.3 Å². The molecule has 2 aromatic rings. The number of rotatable bonds is 16. The van der Waals surface area contributed by atoms with Crippen molar-refractivity contribution in [3.8, 4) is 0 Å². The topological polar surface area (TPSA) is 92.2 Å². The molecule has 6 nitrogen and oxygen atoms in total. The molecule has 1 aliphatic rings. The summed E-state index contributed by atoms with van der Waals surface area (Å²) in [4.78, 5) is 35.4. The summed E-state index contributed by atoms with van der Waals surface area (Å²) in [6.07, 6.45) is 28.0. The Kier molecular flexibility index (Phi) is 14.3. The van der Waals surface area contributed by atoms with Crippen LogP contribution in [0.25, 0.3) is 5.57 Å². The van der Waals surface area contributed by atoms with Crippen LogP contribution in [0.1, 0.15) is 118 Å². The van der Waals surface area contributed by atoms with Crippen LogP contribution < -0.4 is 5.32 Å². The number of carboxylic acid groups (broad SMARTS) is 1. The fraction of sp³-hybridized carbons (Fsp3) is 0.514. The summed E-state index contributed by atoms with van der Waals surface area (Å²) in [5.41, 5.74) is 1.91. The standard InChI is InChI=1S/C37H51N3O3S/c1-6-15-28(29-18-9-8-10-19-29)20-12-11-17-27-25-38-34(39-26-27)30(16-7-2)21-13-14-22-31(36(42)43)40-35(41)32-23-24-33(44-32)37(3,4)5/h6-7,13-14,16,21,23-26,28-29,31H,1,8-12,15,17-20,22H2,2-5H3,(H,40,41)(H,42,43)/b14-13+,16-7-,30-21+/t28-,31+/m1/s1. The minimum Gasteiger partial charge on any atom is -0.480 e. The molecule has 2 heterocycles. The smallest absolute Gasteiger partial charge is 0.326 e. The SMILES string of the molecule is C=CC[C@H](CCCCc1cnc(C(/C=C\C)=C/C=C/C[C@H](NC(=O)c2ccc(C(C)(C)C)s2)C(=O)O)nc1)C1CCCCC1. The molecule has 0 aliphatic heterocycles.